The number of hydrogen-bond acceptors (Lipinski definition) is 0. The fourth-order valence-electron chi connectivity index (χ4n) is 1.27. The van der Waals surface area contributed by atoms with E-state index >= 15 is 0 Å². The van der Waals surface area contributed by atoms with Crippen LogP contribution in [-0.2, 0) is 32.7 Å². The maximum Gasteiger partial charge on any atom is 0 e. The maximum absolute atomic E-state index is 3.76. The molecule has 0 aromatic heterocycles. The summed E-state index contributed by atoms with van der Waals surface area (Å²) in [6.07, 6.45) is 11.9. The summed E-state index contributed by atoms with van der Waals surface area (Å²) in [5, 5.41) is 0. The smallest absolute Gasteiger partial charge is 0 e. The minimum absolute atomic E-state index is 0. The van der Waals surface area contributed by atoms with Gasteiger partial charge in [-0.3, -0.25) is 0 Å². The van der Waals surface area contributed by atoms with Crippen LogP contribution in [0.5, 0.6) is 0 Å². The van der Waals surface area contributed by atoms with Crippen molar-refractivity contribution in [3.63, 3.8) is 0 Å². The first-order chi connectivity index (χ1) is 7.22. The Hall–Kier alpha value is 1.53. The van der Waals surface area contributed by atoms with Crippen LogP contribution in [0.15, 0.2) is 0 Å². The molecule has 0 amide bonds. The largest absolute Gasteiger partial charge is 0.343 e. The van der Waals surface area contributed by atoms with Gasteiger partial charge in [0, 0.05) is 32.7 Å². The first-order valence-electron chi connectivity index (χ1n) is 6.77. The topological polar surface area (TPSA) is 0 Å². The van der Waals surface area contributed by atoms with Crippen molar-refractivity contribution in [1.29, 1.82) is 0 Å². The molecule has 0 nitrogen and oxygen atoms in total. The summed E-state index contributed by atoms with van der Waals surface area (Å²) in [6.45, 7) is 10.5. The molecule has 0 spiro atoms. The predicted octanol–water partition coefficient (Wildman–Crippen LogP) is 5.62. The standard InChI is InChI=1S/C7H17P.C7H15.Y/c1-3-5-6-7(8)4-2;1-3-5-7-6-4-2;/h7H,3-6,8H2,1-2H3;1,3-7H2,2H3;/q;-1;. The van der Waals surface area contributed by atoms with E-state index in [2.05, 4.69) is 36.9 Å². The molecule has 0 fully saturated rings. The molecule has 0 aromatic carbocycles. The van der Waals surface area contributed by atoms with Crippen LogP contribution in [0.4, 0.5) is 0 Å². The van der Waals surface area contributed by atoms with Crippen LogP contribution < -0.4 is 0 Å². The molecule has 97 valence electrons. The average Bonchev–Trinajstić information content (AvgIpc) is 2.27. The molecule has 0 aliphatic rings. The quantitative estimate of drug-likeness (QED) is 0.309. The molecule has 0 saturated carbocycles. The van der Waals surface area contributed by atoms with E-state index in [1.165, 1.54) is 51.4 Å². The Bertz CT molecular complexity index is 92.7. The fourth-order valence-corrected chi connectivity index (χ4v) is 1.51. The van der Waals surface area contributed by atoms with Crippen molar-refractivity contribution < 1.29 is 32.7 Å². The Kier molecular flexibility index (Phi) is 30.9. The normalized spacial score (nSPS) is 11.1. The molecule has 0 aromatic rings. The molecule has 1 radical (unpaired) electrons. The van der Waals surface area contributed by atoms with Gasteiger partial charge < -0.3 is 6.92 Å². The Morgan fingerprint density at radius 3 is 1.88 bits per heavy atom. The summed E-state index contributed by atoms with van der Waals surface area (Å²) >= 11 is 0. The molecule has 2 atom stereocenters. The van der Waals surface area contributed by atoms with Gasteiger partial charge in [-0.1, -0.05) is 59.3 Å². The molecule has 0 saturated heterocycles. The molecule has 0 aliphatic heterocycles. The summed E-state index contributed by atoms with van der Waals surface area (Å²) in [7, 11) is 2.88. The molecular weight excluding hydrogens is 288 g/mol. The van der Waals surface area contributed by atoms with Crippen LogP contribution in [0.25, 0.3) is 0 Å². The van der Waals surface area contributed by atoms with Crippen LogP contribution >= 0.6 is 9.24 Å². The molecule has 0 bridgehead atoms. The molecule has 2 heteroatoms. The van der Waals surface area contributed by atoms with Crippen molar-refractivity contribution in [2.24, 2.45) is 0 Å². The van der Waals surface area contributed by atoms with Crippen molar-refractivity contribution in [3.8, 4) is 0 Å². The zero-order valence-corrected chi connectivity index (χ0v) is 15.8. The van der Waals surface area contributed by atoms with Gasteiger partial charge in [-0.05, 0) is 18.5 Å². The van der Waals surface area contributed by atoms with E-state index in [1.807, 2.05) is 0 Å². The van der Waals surface area contributed by atoms with Gasteiger partial charge in [0.2, 0.25) is 0 Å². The third-order valence-corrected chi connectivity index (χ3v) is 3.36. The summed E-state index contributed by atoms with van der Waals surface area (Å²) in [4.78, 5) is 0. The second-order valence-corrected chi connectivity index (χ2v) is 5.17. The predicted molar refractivity (Wildman–Crippen MR) is 77.4 cm³/mol. The van der Waals surface area contributed by atoms with Crippen molar-refractivity contribution in [2.45, 2.75) is 84.2 Å². The molecule has 16 heavy (non-hydrogen) atoms. The molecule has 0 rings (SSSR count). The van der Waals surface area contributed by atoms with Crippen molar-refractivity contribution in [3.05, 3.63) is 6.92 Å². The Balaban J connectivity index is -0.000000200. The third kappa shape index (κ3) is 24.7. The fraction of sp³-hybridized carbons (Fsp3) is 0.929. The van der Waals surface area contributed by atoms with Gasteiger partial charge in [-0.15, -0.1) is 9.24 Å². The summed E-state index contributed by atoms with van der Waals surface area (Å²) in [6, 6.07) is 0. The Morgan fingerprint density at radius 2 is 1.50 bits per heavy atom. The first-order valence-corrected chi connectivity index (χ1v) is 7.44. The molecule has 2 unspecified atom stereocenters. The maximum atomic E-state index is 3.76. The molecule has 0 N–H and O–H groups in total. The van der Waals surface area contributed by atoms with E-state index < -0.39 is 0 Å². The van der Waals surface area contributed by atoms with Crippen LogP contribution in [0, 0.1) is 6.92 Å². The third-order valence-electron chi connectivity index (χ3n) is 2.56. The SMILES string of the molecule is CCCCC(P)CC.[CH2-]CCCCCC.[Y]. The average molecular weight is 320 g/mol. The van der Waals surface area contributed by atoms with E-state index in [0.29, 0.717) is 0 Å². The zero-order chi connectivity index (χ0) is 11.9. The van der Waals surface area contributed by atoms with Crippen LogP contribution in [0.1, 0.15) is 78.6 Å². The van der Waals surface area contributed by atoms with Crippen LogP contribution in [0.3, 0.4) is 0 Å². The second-order valence-electron chi connectivity index (χ2n) is 4.22. The number of hydrogen-bond donors (Lipinski definition) is 0. The molecule has 0 aliphatic carbocycles. The Labute approximate surface area is 132 Å². The van der Waals surface area contributed by atoms with Crippen molar-refractivity contribution in [2.75, 3.05) is 0 Å². The van der Waals surface area contributed by atoms with E-state index in [9.17, 15) is 0 Å². The van der Waals surface area contributed by atoms with E-state index in [-0.39, 0.29) is 32.7 Å². The minimum atomic E-state index is 0. The molecular formula is C14H32PY-. The van der Waals surface area contributed by atoms with Crippen molar-refractivity contribution in [1.82, 2.24) is 0 Å². The number of unbranched alkanes of at least 4 members (excludes halogenated alkanes) is 5. The first kappa shape index (κ1) is 22.7. The summed E-state index contributed by atoms with van der Waals surface area (Å²) in [5.41, 5.74) is 0.870. The van der Waals surface area contributed by atoms with Crippen LogP contribution in [0.2, 0.25) is 0 Å². The van der Waals surface area contributed by atoms with E-state index in [0.717, 1.165) is 12.1 Å². The van der Waals surface area contributed by atoms with Crippen LogP contribution in [-0.4, -0.2) is 5.66 Å². The van der Waals surface area contributed by atoms with Gasteiger partial charge in [0.05, 0.1) is 0 Å². The monoisotopic (exact) mass is 320 g/mol. The van der Waals surface area contributed by atoms with Gasteiger partial charge in [0.15, 0.2) is 0 Å². The summed E-state index contributed by atoms with van der Waals surface area (Å²) in [5.74, 6) is 0. The van der Waals surface area contributed by atoms with Gasteiger partial charge in [0.25, 0.3) is 0 Å². The van der Waals surface area contributed by atoms with Gasteiger partial charge in [0.1, 0.15) is 0 Å². The summed E-state index contributed by atoms with van der Waals surface area (Å²) < 4.78 is 0. The van der Waals surface area contributed by atoms with Crippen molar-refractivity contribution >= 4 is 9.24 Å². The van der Waals surface area contributed by atoms with Gasteiger partial charge in [-0.25, -0.2) is 0 Å². The second kappa shape index (κ2) is 21.8. The van der Waals surface area contributed by atoms with Gasteiger partial charge in [-0.2, -0.15) is 6.42 Å². The molecule has 0 heterocycles. The zero-order valence-electron chi connectivity index (χ0n) is 11.8. The Morgan fingerprint density at radius 1 is 0.938 bits per heavy atom. The minimum Gasteiger partial charge on any atom is -0.343 e. The number of rotatable bonds is 8. The van der Waals surface area contributed by atoms with Gasteiger partial charge >= 0.3 is 0 Å². The van der Waals surface area contributed by atoms with E-state index in [4.69, 9.17) is 0 Å². The van der Waals surface area contributed by atoms with E-state index in [1.54, 1.807) is 0 Å².